The molecule has 0 saturated carbocycles. The Labute approximate surface area is 84.0 Å². The third kappa shape index (κ3) is 2.72. The number of hydrogen-bond donors (Lipinski definition) is 1. The van der Waals surface area contributed by atoms with Gasteiger partial charge in [0.05, 0.1) is 7.11 Å². The summed E-state index contributed by atoms with van der Waals surface area (Å²) in [5.41, 5.74) is 0. The van der Waals surface area contributed by atoms with Crippen LogP contribution in [-0.2, 0) is 14.3 Å². The van der Waals surface area contributed by atoms with Crippen molar-refractivity contribution in [2.24, 2.45) is 11.8 Å². The van der Waals surface area contributed by atoms with Gasteiger partial charge in [0, 0.05) is 19.4 Å². The SMILES string of the molecule is CC[C@@H]1CNC(=O)C[C@H]1CC(=O)OC. The van der Waals surface area contributed by atoms with Crippen LogP contribution in [0.5, 0.6) is 0 Å². The zero-order chi connectivity index (χ0) is 10.6. The quantitative estimate of drug-likeness (QED) is 0.681. The first-order valence-corrected chi connectivity index (χ1v) is 5.00. The number of ether oxygens (including phenoxy) is 1. The van der Waals surface area contributed by atoms with Gasteiger partial charge in [0.25, 0.3) is 0 Å². The average Bonchev–Trinajstić information content (AvgIpc) is 2.18. The van der Waals surface area contributed by atoms with Crippen molar-refractivity contribution in [1.29, 1.82) is 0 Å². The van der Waals surface area contributed by atoms with Crippen molar-refractivity contribution >= 4 is 11.9 Å². The van der Waals surface area contributed by atoms with Crippen molar-refractivity contribution in [1.82, 2.24) is 5.32 Å². The van der Waals surface area contributed by atoms with Gasteiger partial charge < -0.3 is 10.1 Å². The number of piperidine rings is 1. The van der Waals surface area contributed by atoms with E-state index in [-0.39, 0.29) is 17.8 Å². The molecule has 0 bridgehead atoms. The summed E-state index contributed by atoms with van der Waals surface area (Å²) < 4.78 is 4.61. The largest absolute Gasteiger partial charge is 0.469 e. The predicted molar refractivity (Wildman–Crippen MR) is 51.5 cm³/mol. The predicted octanol–water partition coefficient (Wildman–Crippen LogP) is 0.712. The number of methoxy groups -OCH3 is 1. The third-order valence-electron chi connectivity index (χ3n) is 2.86. The summed E-state index contributed by atoms with van der Waals surface area (Å²) in [6.07, 6.45) is 1.80. The molecule has 1 aliphatic heterocycles. The smallest absolute Gasteiger partial charge is 0.305 e. The summed E-state index contributed by atoms with van der Waals surface area (Å²) in [7, 11) is 1.38. The summed E-state index contributed by atoms with van der Waals surface area (Å²) >= 11 is 0. The molecule has 0 unspecified atom stereocenters. The molecule has 80 valence electrons. The lowest BCUT2D eigenvalue weighted by Crippen LogP contribution is -2.41. The zero-order valence-electron chi connectivity index (χ0n) is 8.71. The van der Waals surface area contributed by atoms with Gasteiger partial charge in [-0.25, -0.2) is 0 Å². The fourth-order valence-corrected chi connectivity index (χ4v) is 1.90. The highest BCUT2D eigenvalue weighted by Crippen LogP contribution is 2.25. The summed E-state index contributed by atoms with van der Waals surface area (Å²) in [5, 5.41) is 2.81. The van der Waals surface area contributed by atoms with Crippen LogP contribution in [0.2, 0.25) is 0 Å². The van der Waals surface area contributed by atoms with E-state index >= 15 is 0 Å². The molecule has 1 fully saturated rings. The summed E-state index contributed by atoms with van der Waals surface area (Å²) in [6.45, 7) is 2.77. The highest BCUT2D eigenvalue weighted by molar-refractivity contribution is 5.78. The molecule has 4 nitrogen and oxygen atoms in total. The lowest BCUT2D eigenvalue weighted by molar-refractivity contribution is -0.142. The van der Waals surface area contributed by atoms with Crippen LogP contribution in [-0.4, -0.2) is 25.5 Å². The molecule has 1 amide bonds. The topological polar surface area (TPSA) is 55.4 Å². The molecule has 14 heavy (non-hydrogen) atoms. The molecule has 1 aliphatic rings. The third-order valence-corrected chi connectivity index (χ3v) is 2.86. The first-order valence-electron chi connectivity index (χ1n) is 5.00. The minimum Gasteiger partial charge on any atom is -0.469 e. The van der Waals surface area contributed by atoms with Crippen molar-refractivity contribution in [2.45, 2.75) is 26.2 Å². The second kappa shape index (κ2) is 4.98. The van der Waals surface area contributed by atoms with Crippen LogP contribution in [0.1, 0.15) is 26.2 Å². The average molecular weight is 199 g/mol. The fourth-order valence-electron chi connectivity index (χ4n) is 1.90. The number of rotatable bonds is 3. The maximum absolute atomic E-state index is 11.1. The monoisotopic (exact) mass is 199 g/mol. The Bertz CT molecular complexity index is 227. The second-order valence-electron chi connectivity index (χ2n) is 3.72. The zero-order valence-corrected chi connectivity index (χ0v) is 8.71. The molecule has 1 saturated heterocycles. The molecule has 0 aromatic rings. The van der Waals surface area contributed by atoms with Crippen molar-refractivity contribution in [2.75, 3.05) is 13.7 Å². The molecule has 0 spiro atoms. The number of nitrogens with one attached hydrogen (secondary N) is 1. The van der Waals surface area contributed by atoms with Crippen LogP contribution in [0, 0.1) is 11.8 Å². The molecular formula is C10H17NO3. The molecule has 2 atom stereocenters. The van der Waals surface area contributed by atoms with Crippen molar-refractivity contribution < 1.29 is 14.3 Å². The van der Waals surface area contributed by atoms with E-state index < -0.39 is 0 Å². The Hall–Kier alpha value is -1.06. The number of hydrogen-bond acceptors (Lipinski definition) is 3. The second-order valence-corrected chi connectivity index (χ2v) is 3.72. The van der Waals surface area contributed by atoms with E-state index in [9.17, 15) is 9.59 Å². The maximum atomic E-state index is 11.1. The Kier molecular flexibility index (Phi) is 3.92. The molecule has 0 radical (unpaired) electrons. The van der Waals surface area contributed by atoms with Gasteiger partial charge in [0.1, 0.15) is 0 Å². The Morgan fingerprint density at radius 1 is 1.57 bits per heavy atom. The highest BCUT2D eigenvalue weighted by atomic mass is 16.5. The first kappa shape index (κ1) is 11.0. The molecule has 1 rings (SSSR count). The fraction of sp³-hybridized carbons (Fsp3) is 0.800. The van der Waals surface area contributed by atoms with Gasteiger partial charge in [-0.1, -0.05) is 13.3 Å². The Morgan fingerprint density at radius 3 is 2.86 bits per heavy atom. The van der Waals surface area contributed by atoms with E-state index in [1.807, 2.05) is 0 Å². The van der Waals surface area contributed by atoms with Gasteiger partial charge in [0.15, 0.2) is 0 Å². The minimum absolute atomic E-state index is 0.0450. The summed E-state index contributed by atoms with van der Waals surface area (Å²) in [4.78, 5) is 22.2. The minimum atomic E-state index is -0.219. The van der Waals surface area contributed by atoms with Crippen LogP contribution < -0.4 is 5.32 Å². The van der Waals surface area contributed by atoms with E-state index in [2.05, 4.69) is 17.0 Å². The van der Waals surface area contributed by atoms with Crippen molar-refractivity contribution in [3.8, 4) is 0 Å². The number of amides is 1. The lowest BCUT2D eigenvalue weighted by Gasteiger charge is -2.29. The van der Waals surface area contributed by atoms with E-state index in [0.29, 0.717) is 25.3 Å². The van der Waals surface area contributed by atoms with E-state index in [0.717, 1.165) is 6.42 Å². The van der Waals surface area contributed by atoms with Gasteiger partial charge in [0.2, 0.25) is 5.91 Å². The lowest BCUT2D eigenvalue weighted by atomic mass is 9.82. The molecule has 1 N–H and O–H groups in total. The standard InChI is InChI=1S/C10H17NO3/c1-3-7-6-11-9(12)4-8(7)5-10(13)14-2/h7-8H,3-6H2,1-2H3,(H,11,12)/t7-,8+/m1/s1. The van der Waals surface area contributed by atoms with Gasteiger partial charge in [-0.3, -0.25) is 9.59 Å². The molecular weight excluding hydrogens is 182 g/mol. The van der Waals surface area contributed by atoms with Gasteiger partial charge in [-0.2, -0.15) is 0 Å². The molecule has 0 aliphatic carbocycles. The van der Waals surface area contributed by atoms with Gasteiger partial charge in [-0.05, 0) is 11.8 Å². The number of carbonyl (C=O) groups excluding carboxylic acids is 2. The molecule has 0 aromatic carbocycles. The number of carbonyl (C=O) groups is 2. The molecule has 4 heteroatoms. The van der Waals surface area contributed by atoms with Crippen LogP contribution in [0.3, 0.4) is 0 Å². The first-order chi connectivity index (χ1) is 6.67. The number of esters is 1. The maximum Gasteiger partial charge on any atom is 0.305 e. The molecule has 1 heterocycles. The highest BCUT2D eigenvalue weighted by Gasteiger charge is 2.29. The normalized spacial score (nSPS) is 26.9. The van der Waals surface area contributed by atoms with E-state index in [4.69, 9.17) is 0 Å². The van der Waals surface area contributed by atoms with Crippen molar-refractivity contribution in [3.63, 3.8) is 0 Å². The van der Waals surface area contributed by atoms with E-state index in [1.54, 1.807) is 0 Å². The Morgan fingerprint density at radius 2 is 2.29 bits per heavy atom. The summed E-state index contributed by atoms with van der Waals surface area (Å²) in [6, 6.07) is 0. The summed E-state index contributed by atoms with van der Waals surface area (Å²) in [5.74, 6) is 0.389. The van der Waals surface area contributed by atoms with Gasteiger partial charge >= 0.3 is 5.97 Å². The molecule has 0 aromatic heterocycles. The van der Waals surface area contributed by atoms with Crippen LogP contribution in [0.25, 0.3) is 0 Å². The van der Waals surface area contributed by atoms with Crippen LogP contribution >= 0.6 is 0 Å². The van der Waals surface area contributed by atoms with Crippen molar-refractivity contribution in [3.05, 3.63) is 0 Å². The van der Waals surface area contributed by atoms with Crippen LogP contribution in [0.4, 0.5) is 0 Å². The van der Waals surface area contributed by atoms with Crippen LogP contribution in [0.15, 0.2) is 0 Å². The van der Waals surface area contributed by atoms with Gasteiger partial charge in [-0.15, -0.1) is 0 Å². The van der Waals surface area contributed by atoms with E-state index in [1.165, 1.54) is 7.11 Å². The Balaban J connectivity index is 2.52.